The summed E-state index contributed by atoms with van der Waals surface area (Å²) in [6.07, 6.45) is 2.01. The maximum absolute atomic E-state index is 12.1. The minimum Gasteiger partial charge on any atom is -0.480 e. The number of para-hydroxylation sites is 1. The van der Waals surface area contributed by atoms with E-state index < -0.39 is 12.0 Å². The number of carboxylic acid groups (broad SMARTS) is 1. The SMILES string of the molecule is Cc1cccc2c(CC(=O)N(C)C(C)C(=O)O)c[nH]c12. The highest BCUT2D eigenvalue weighted by Gasteiger charge is 2.22. The fraction of sp³-hybridized carbons (Fsp3) is 0.333. The molecule has 0 saturated carbocycles. The zero-order valence-electron chi connectivity index (χ0n) is 11.8. The number of amides is 1. The third kappa shape index (κ3) is 2.52. The van der Waals surface area contributed by atoms with E-state index in [0.29, 0.717) is 0 Å². The normalized spacial score (nSPS) is 12.3. The van der Waals surface area contributed by atoms with Crippen molar-refractivity contribution < 1.29 is 14.7 Å². The number of nitrogens with one attached hydrogen (secondary N) is 1. The van der Waals surface area contributed by atoms with Gasteiger partial charge in [0.15, 0.2) is 0 Å². The van der Waals surface area contributed by atoms with Gasteiger partial charge in [0.2, 0.25) is 5.91 Å². The Labute approximate surface area is 117 Å². The number of hydrogen-bond acceptors (Lipinski definition) is 2. The number of aromatic amines is 1. The number of carbonyl (C=O) groups is 2. The van der Waals surface area contributed by atoms with Crippen LogP contribution in [0.3, 0.4) is 0 Å². The second kappa shape index (κ2) is 5.36. The molecular weight excluding hydrogens is 256 g/mol. The molecule has 106 valence electrons. The average Bonchev–Trinajstić information content (AvgIpc) is 2.81. The lowest BCUT2D eigenvalue weighted by Crippen LogP contribution is -2.40. The molecule has 0 saturated heterocycles. The number of aromatic nitrogens is 1. The van der Waals surface area contributed by atoms with E-state index in [0.717, 1.165) is 22.0 Å². The highest BCUT2D eigenvalue weighted by atomic mass is 16.4. The Hall–Kier alpha value is -2.30. The van der Waals surface area contributed by atoms with Crippen LogP contribution in [0.2, 0.25) is 0 Å². The van der Waals surface area contributed by atoms with Crippen LogP contribution in [-0.2, 0) is 16.0 Å². The van der Waals surface area contributed by atoms with E-state index in [9.17, 15) is 9.59 Å². The molecule has 0 aliphatic rings. The molecule has 1 amide bonds. The fourth-order valence-electron chi connectivity index (χ4n) is 2.18. The van der Waals surface area contributed by atoms with Gasteiger partial charge in [-0.15, -0.1) is 0 Å². The Morgan fingerprint density at radius 3 is 2.75 bits per heavy atom. The lowest BCUT2D eigenvalue weighted by Gasteiger charge is -2.21. The molecule has 0 aliphatic carbocycles. The van der Waals surface area contributed by atoms with Crippen molar-refractivity contribution in [3.63, 3.8) is 0 Å². The van der Waals surface area contributed by atoms with Crippen LogP contribution in [0.15, 0.2) is 24.4 Å². The van der Waals surface area contributed by atoms with Gasteiger partial charge in [-0.3, -0.25) is 4.79 Å². The summed E-state index contributed by atoms with van der Waals surface area (Å²) in [6, 6.07) is 5.09. The average molecular weight is 274 g/mol. The largest absolute Gasteiger partial charge is 0.480 e. The van der Waals surface area contributed by atoms with Crippen LogP contribution < -0.4 is 0 Å². The molecule has 1 unspecified atom stereocenters. The number of carboxylic acids is 1. The maximum atomic E-state index is 12.1. The van der Waals surface area contributed by atoms with E-state index in [1.165, 1.54) is 18.9 Å². The van der Waals surface area contributed by atoms with Gasteiger partial charge in [-0.25, -0.2) is 4.79 Å². The molecule has 2 rings (SSSR count). The molecule has 0 aliphatic heterocycles. The Balaban J connectivity index is 2.22. The van der Waals surface area contributed by atoms with E-state index in [-0.39, 0.29) is 12.3 Å². The van der Waals surface area contributed by atoms with Gasteiger partial charge in [-0.05, 0) is 25.0 Å². The maximum Gasteiger partial charge on any atom is 0.326 e. The first-order valence-corrected chi connectivity index (χ1v) is 6.46. The number of nitrogens with zero attached hydrogens (tertiary/aromatic N) is 1. The molecule has 1 aromatic carbocycles. The summed E-state index contributed by atoms with van der Waals surface area (Å²) in [4.78, 5) is 27.5. The summed E-state index contributed by atoms with van der Waals surface area (Å²) >= 11 is 0. The van der Waals surface area contributed by atoms with Crippen LogP contribution >= 0.6 is 0 Å². The standard InChI is InChI=1S/C15H18N2O3/c1-9-5-4-6-12-11(8-16-14(9)12)7-13(18)17(3)10(2)15(19)20/h4-6,8,10,16H,7H2,1-3H3,(H,19,20). The van der Waals surface area contributed by atoms with Crippen LogP contribution in [0.5, 0.6) is 0 Å². The first-order chi connectivity index (χ1) is 9.41. The van der Waals surface area contributed by atoms with Crippen molar-refractivity contribution >= 4 is 22.8 Å². The predicted molar refractivity (Wildman–Crippen MR) is 76.6 cm³/mol. The topological polar surface area (TPSA) is 73.4 Å². The van der Waals surface area contributed by atoms with Crippen LogP contribution in [-0.4, -0.2) is 40.0 Å². The minimum absolute atomic E-state index is 0.192. The predicted octanol–water partition coefficient (Wildman–Crippen LogP) is 1.95. The summed E-state index contributed by atoms with van der Waals surface area (Å²) < 4.78 is 0. The van der Waals surface area contributed by atoms with Crippen LogP contribution in [0.1, 0.15) is 18.1 Å². The van der Waals surface area contributed by atoms with Gasteiger partial charge in [0, 0.05) is 24.1 Å². The van der Waals surface area contributed by atoms with Gasteiger partial charge in [0.05, 0.1) is 6.42 Å². The number of rotatable bonds is 4. The lowest BCUT2D eigenvalue weighted by atomic mass is 10.1. The number of fused-ring (bicyclic) bond motifs is 1. The molecule has 20 heavy (non-hydrogen) atoms. The van der Waals surface area contributed by atoms with Crippen molar-refractivity contribution in [1.29, 1.82) is 0 Å². The second-order valence-electron chi connectivity index (χ2n) is 5.01. The third-order valence-corrected chi connectivity index (χ3v) is 3.68. The molecule has 0 bridgehead atoms. The molecule has 2 N–H and O–H groups in total. The highest BCUT2D eigenvalue weighted by Crippen LogP contribution is 2.22. The molecule has 5 heteroatoms. The zero-order chi connectivity index (χ0) is 14.9. The molecule has 1 heterocycles. The Morgan fingerprint density at radius 2 is 2.10 bits per heavy atom. The molecule has 2 aromatic rings. The van der Waals surface area contributed by atoms with Crippen molar-refractivity contribution in [2.45, 2.75) is 26.3 Å². The van der Waals surface area contributed by atoms with E-state index in [2.05, 4.69) is 4.98 Å². The smallest absolute Gasteiger partial charge is 0.326 e. The molecule has 5 nitrogen and oxygen atoms in total. The summed E-state index contributed by atoms with van der Waals surface area (Å²) in [5, 5.41) is 9.94. The van der Waals surface area contributed by atoms with Gasteiger partial charge >= 0.3 is 5.97 Å². The number of aliphatic carboxylic acids is 1. The molecule has 0 spiro atoms. The summed E-state index contributed by atoms with van der Waals surface area (Å²) in [5.74, 6) is -1.21. The molecule has 0 fully saturated rings. The van der Waals surface area contributed by atoms with Crippen molar-refractivity contribution in [3.8, 4) is 0 Å². The van der Waals surface area contributed by atoms with E-state index in [1.807, 2.05) is 31.3 Å². The zero-order valence-corrected chi connectivity index (χ0v) is 11.8. The van der Waals surface area contributed by atoms with Gasteiger partial charge in [-0.1, -0.05) is 18.2 Å². The van der Waals surface area contributed by atoms with Gasteiger partial charge in [0.1, 0.15) is 6.04 Å². The van der Waals surface area contributed by atoms with Crippen molar-refractivity contribution in [1.82, 2.24) is 9.88 Å². The first-order valence-electron chi connectivity index (χ1n) is 6.46. The van der Waals surface area contributed by atoms with E-state index in [1.54, 1.807) is 0 Å². The molecule has 0 radical (unpaired) electrons. The Kier molecular flexibility index (Phi) is 3.79. The van der Waals surface area contributed by atoms with Crippen molar-refractivity contribution in [3.05, 3.63) is 35.5 Å². The molecule has 1 aromatic heterocycles. The lowest BCUT2D eigenvalue weighted by molar-refractivity contribution is -0.147. The van der Waals surface area contributed by atoms with Crippen LogP contribution in [0.4, 0.5) is 0 Å². The number of benzene rings is 1. The quantitative estimate of drug-likeness (QED) is 0.895. The number of likely N-dealkylation sites (N-methyl/N-ethyl adjacent to an activating group) is 1. The Bertz CT molecular complexity index is 660. The van der Waals surface area contributed by atoms with Crippen molar-refractivity contribution in [2.24, 2.45) is 0 Å². The van der Waals surface area contributed by atoms with Gasteiger partial charge in [-0.2, -0.15) is 0 Å². The summed E-state index contributed by atoms with van der Waals surface area (Å²) in [6.45, 7) is 3.50. The van der Waals surface area contributed by atoms with Crippen LogP contribution in [0.25, 0.3) is 10.9 Å². The van der Waals surface area contributed by atoms with Gasteiger partial charge in [0.25, 0.3) is 0 Å². The molecular formula is C15H18N2O3. The number of aryl methyl sites for hydroxylation is 1. The number of hydrogen-bond donors (Lipinski definition) is 2. The first kappa shape index (κ1) is 14.1. The van der Waals surface area contributed by atoms with Crippen molar-refractivity contribution in [2.75, 3.05) is 7.05 Å². The molecule has 1 atom stereocenters. The Morgan fingerprint density at radius 1 is 1.40 bits per heavy atom. The van der Waals surface area contributed by atoms with Crippen LogP contribution in [0, 0.1) is 6.92 Å². The highest BCUT2D eigenvalue weighted by molar-refractivity contribution is 5.91. The van der Waals surface area contributed by atoms with Gasteiger partial charge < -0.3 is 15.0 Å². The van der Waals surface area contributed by atoms with E-state index in [4.69, 9.17) is 5.11 Å². The number of carbonyl (C=O) groups excluding carboxylic acids is 1. The fourth-order valence-corrected chi connectivity index (χ4v) is 2.18. The third-order valence-electron chi connectivity index (χ3n) is 3.68. The monoisotopic (exact) mass is 274 g/mol. The second-order valence-corrected chi connectivity index (χ2v) is 5.01. The number of H-pyrrole nitrogens is 1. The summed E-state index contributed by atoms with van der Waals surface area (Å²) in [5.41, 5.74) is 3.02. The minimum atomic E-state index is -1.00. The van der Waals surface area contributed by atoms with E-state index >= 15 is 0 Å². The summed E-state index contributed by atoms with van der Waals surface area (Å²) in [7, 11) is 1.52.